The molecule has 1 N–H and O–H groups in total. The van der Waals surface area contributed by atoms with Crippen LogP contribution in [0.4, 0.5) is 10.8 Å². The van der Waals surface area contributed by atoms with Gasteiger partial charge in [-0.1, -0.05) is 23.1 Å². The number of thioether (sulfide) groups is 1. The zero-order valence-electron chi connectivity index (χ0n) is 14.3. The number of non-ortho nitro benzene ring substituents is 1. The number of hydrogen-bond donors (Lipinski definition) is 1. The second-order valence-electron chi connectivity index (χ2n) is 5.64. The SMILES string of the molecule is Cc1cc(C)c(C#N)c(SCC(=O)Nc2nc3cc([N+](=O)[O-])ccc3s2)n1. The first-order valence-electron chi connectivity index (χ1n) is 7.73. The number of rotatable bonds is 5. The maximum Gasteiger partial charge on any atom is 0.271 e. The zero-order chi connectivity index (χ0) is 19.6. The second-order valence-corrected chi connectivity index (χ2v) is 7.63. The fourth-order valence-electron chi connectivity index (χ4n) is 2.42. The number of anilines is 1. The van der Waals surface area contributed by atoms with E-state index in [1.165, 1.54) is 35.2 Å². The Balaban J connectivity index is 1.71. The molecule has 0 atom stereocenters. The molecule has 0 bridgehead atoms. The normalized spacial score (nSPS) is 10.6. The highest BCUT2D eigenvalue weighted by Gasteiger charge is 2.14. The zero-order valence-corrected chi connectivity index (χ0v) is 16.0. The second kappa shape index (κ2) is 7.69. The molecule has 1 amide bonds. The molecule has 2 heterocycles. The van der Waals surface area contributed by atoms with Crippen molar-refractivity contribution in [2.75, 3.05) is 11.1 Å². The Morgan fingerprint density at radius 3 is 2.85 bits per heavy atom. The number of nitriles is 1. The number of nitrogens with zero attached hydrogens (tertiary/aromatic N) is 4. The number of benzene rings is 1. The van der Waals surface area contributed by atoms with Crippen LogP contribution >= 0.6 is 23.1 Å². The first kappa shape index (κ1) is 18.8. The summed E-state index contributed by atoms with van der Waals surface area (Å²) in [7, 11) is 0. The van der Waals surface area contributed by atoms with Crippen molar-refractivity contribution in [3.63, 3.8) is 0 Å². The molecule has 10 heteroatoms. The number of carbonyl (C=O) groups is 1. The molecule has 27 heavy (non-hydrogen) atoms. The predicted octanol–water partition coefficient (Wildman–Crippen LogP) is 3.82. The fraction of sp³-hybridized carbons (Fsp3) is 0.176. The summed E-state index contributed by atoms with van der Waals surface area (Å²) in [5, 5.41) is 23.7. The van der Waals surface area contributed by atoms with Crippen LogP contribution < -0.4 is 5.32 Å². The van der Waals surface area contributed by atoms with Crippen molar-refractivity contribution >= 4 is 50.0 Å². The van der Waals surface area contributed by atoms with Gasteiger partial charge in [-0.25, -0.2) is 9.97 Å². The Bertz CT molecular complexity index is 1100. The molecule has 2 aromatic heterocycles. The van der Waals surface area contributed by atoms with Gasteiger partial charge >= 0.3 is 0 Å². The fourth-order valence-corrected chi connectivity index (χ4v) is 4.18. The first-order chi connectivity index (χ1) is 12.9. The predicted molar refractivity (Wildman–Crippen MR) is 104 cm³/mol. The Labute approximate surface area is 162 Å². The number of nitro groups is 1. The molecule has 0 saturated carbocycles. The third kappa shape index (κ3) is 4.21. The Morgan fingerprint density at radius 2 is 2.15 bits per heavy atom. The van der Waals surface area contributed by atoms with Crippen LogP contribution in [-0.2, 0) is 4.79 Å². The van der Waals surface area contributed by atoms with E-state index in [9.17, 15) is 20.2 Å². The highest BCUT2D eigenvalue weighted by Crippen LogP contribution is 2.29. The van der Waals surface area contributed by atoms with Gasteiger partial charge in [-0.2, -0.15) is 5.26 Å². The molecule has 1 aromatic carbocycles. The molecule has 8 nitrogen and oxygen atoms in total. The Hall–Kier alpha value is -3.03. The van der Waals surface area contributed by atoms with E-state index in [0.29, 0.717) is 21.2 Å². The van der Waals surface area contributed by atoms with Gasteiger partial charge in [0.1, 0.15) is 11.1 Å². The molecule has 0 unspecified atom stereocenters. The van der Waals surface area contributed by atoms with Gasteiger partial charge in [-0.05, 0) is 31.5 Å². The average molecular weight is 399 g/mol. The van der Waals surface area contributed by atoms with Crippen LogP contribution in [0, 0.1) is 35.3 Å². The van der Waals surface area contributed by atoms with Gasteiger partial charge in [0, 0.05) is 17.8 Å². The van der Waals surface area contributed by atoms with Gasteiger partial charge in [0.25, 0.3) is 5.69 Å². The number of thiazole rings is 1. The van der Waals surface area contributed by atoms with Crippen LogP contribution in [0.2, 0.25) is 0 Å². The van der Waals surface area contributed by atoms with Crippen molar-refractivity contribution < 1.29 is 9.72 Å². The van der Waals surface area contributed by atoms with Crippen LogP contribution in [0.5, 0.6) is 0 Å². The molecule has 0 spiro atoms. The Kier molecular flexibility index (Phi) is 5.34. The third-order valence-electron chi connectivity index (χ3n) is 3.59. The maximum absolute atomic E-state index is 12.2. The molecule has 0 radical (unpaired) electrons. The van der Waals surface area contributed by atoms with Gasteiger partial charge in [-0.15, -0.1) is 0 Å². The van der Waals surface area contributed by atoms with E-state index in [-0.39, 0.29) is 17.3 Å². The van der Waals surface area contributed by atoms with Crippen molar-refractivity contribution in [3.05, 3.63) is 51.2 Å². The van der Waals surface area contributed by atoms with E-state index in [2.05, 4.69) is 21.4 Å². The molecule has 3 aromatic rings. The van der Waals surface area contributed by atoms with Crippen LogP contribution in [0.25, 0.3) is 10.2 Å². The van der Waals surface area contributed by atoms with Crippen LogP contribution in [-0.4, -0.2) is 26.6 Å². The summed E-state index contributed by atoms with van der Waals surface area (Å²) in [5.74, 6) is -0.223. The molecule has 0 aliphatic rings. The van der Waals surface area contributed by atoms with E-state index < -0.39 is 4.92 Å². The molecule has 0 fully saturated rings. The largest absolute Gasteiger partial charge is 0.301 e. The Morgan fingerprint density at radius 1 is 1.37 bits per heavy atom. The highest BCUT2D eigenvalue weighted by atomic mass is 32.2. The molecule has 3 rings (SSSR count). The first-order valence-corrected chi connectivity index (χ1v) is 9.53. The van der Waals surface area contributed by atoms with Crippen LogP contribution in [0.15, 0.2) is 29.3 Å². The van der Waals surface area contributed by atoms with Crippen molar-refractivity contribution in [2.24, 2.45) is 0 Å². The molecular weight excluding hydrogens is 386 g/mol. The summed E-state index contributed by atoms with van der Waals surface area (Å²) in [6, 6.07) is 8.31. The van der Waals surface area contributed by atoms with E-state index >= 15 is 0 Å². The summed E-state index contributed by atoms with van der Waals surface area (Å²) in [4.78, 5) is 31.1. The quantitative estimate of drug-likeness (QED) is 0.393. The average Bonchev–Trinajstić information content (AvgIpc) is 3.00. The van der Waals surface area contributed by atoms with Crippen molar-refractivity contribution in [1.29, 1.82) is 5.26 Å². The smallest absolute Gasteiger partial charge is 0.271 e. The summed E-state index contributed by atoms with van der Waals surface area (Å²) < 4.78 is 0.742. The molecule has 136 valence electrons. The monoisotopic (exact) mass is 399 g/mol. The van der Waals surface area contributed by atoms with E-state index in [1.807, 2.05) is 19.9 Å². The number of hydrogen-bond acceptors (Lipinski definition) is 8. The van der Waals surface area contributed by atoms with Gasteiger partial charge in [0.05, 0.1) is 26.5 Å². The molecule has 0 aliphatic heterocycles. The van der Waals surface area contributed by atoms with Gasteiger partial charge in [0.2, 0.25) is 5.91 Å². The number of fused-ring (bicyclic) bond motifs is 1. The van der Waals surface area contributed by atoms with Gasteiger partial charge in [0.15, 0.2) is 5.13 Å². The van der Waals surface area contributed by atoms with Crippen molar-refractivity contribution in [1.82, 2.24) is 9.97 Å². The third-order valence-corrected chi connectivity index (χ3v) is 5.52. The topological polar surface area (TPSA) is 122 Å². The minimum absolute atomic E-state index is 0.0499. The number of amides is 1. The summed E-state index contributed by atoms with van der Waals surface area (Å²) in [6.45, 7) is 3.66. The minimum Gasteiger partial charge on any atom is -0.301 e. The minimum atomic E-state index is -0.489. The molecular formula is C17H13N5O3S2. The van der Waals surface area contributed by atoms with Crippen molar-refractivity contribution in [3.8, 4) is 6.07 Å². The number of carbonyl (C=O) groups excluding carboxylic acids is 1. The summed E-state index contributed by atoms with van der Waals surface area (Å²) in [6.07, 6.45) is 0. The number of nitrogens with one attached hydrogen (secondary N) is 1. The molecule has 0 aliphatic carbocycles. The number of aromatic nitrogens is 2. The summed E-state index contributed by atoms with van der Waals surface area (Å²) >= 11 is 2.42. The molecule has 0 saturated heterocycles. The van der Waals surface area contributed by atoms with E-state index in [1.54, 1.807) is 6.07 Å². The lowest BCUT2D eigenvalue weighted by Gasteiger charge is -2.07. The number of nitro benzene ring substituents is 1. The standard InChI is InChI=1S/C17H13N5O3S2/c1-9-5-10(2)19-16(12(9)7-18)26-8-15(23)21-17-20-13-6-11(22(24)25)3-4-14(13)27-17/h3-6H,8H2,1-2H3,(H,20,21,23). The van der Waals surface area contributed by atoms with E-state index in [0.717, 1.165) is 16.0 Å². The lowest BCUT2D eigenvalue weighted by atomic mass is 10.1. The number of pyridine rings is 1. The lowest BCUT2D eigenvalue weighted by Crippen LogP contribution is -2.14. The van der Waals surface area contributed by atoms with Gasteiger partial charge in [-0.3, -0.25) is 14.9 Å². The van der Waals surface area contributed by atoms with Crippen LogP contribution in [0.3, 0.4) is 0 Å². The lowest BCUT2D eigenvalue weighted by molar-refractivity contribution is -0.384. The maximum atomic E-state index is 12.2. The van der Waals surface area contributed by atoms with Gasteiger partial charge < -0.3 is 5.32 Å². The highest BCUT2D eigenvalue weighted by molar-refractivity contribution is 8.00. The van der Waals surface area contributed by atoms with Crippen molar-refractivity contribution in [2.45, 2.75) is 18.9 Å². The summed E-state index contributed by atoms with van der Waals surface area (Å²) in [5.41, 5.74) is 2.47. The van der Waals surface area contributed by atoms with E-state index in [4.69, 9.17) is 0 Å². The number of aryl methyl sites for hydroxylation is 2. The van der Waals surface area contributed by atoms with Crippen LogP contribution in [0.1, 0.15) is 16.8 Å².